The van der Waals surface area contributed by atoms with Gasteiger partial charge in [-0.3, -0.25) is 4.79 Å². The fraction of sp³-hybridized carbons (Fsp3) is 0.333. The van der Waals surface area contributed by atoms with E-state index in [9.17, 15) is 18.0 Å². The standard InChI is InChI=1S/C15H17NO6S/c1-9(2)7-12(15(18)19)16-23(20,21)11-4-5-13-10(8-11)3-6-14(17)22-13/h3-6,8-9,12,16H,7H2,1-2H3,(H,18,19)/t12-/m1/s1. The van der Waals surface area contributed by atoms with Crippen molar-refractivity contribution in [1.29, 1.82) is 0 Å². The summed E-state index contributed by atoms with van der Waals surface area (Å²) in [7, 11) is -4.00. The highest BCUT2D eigenvalue weighted by atomic mass is 32.2. The number of fused-ring (bicyclic) bond motifs is 1. The van der Waals surface area contributed by atoms with Crippen LogP contribution in [0, 0.1) is 5.92 Å². The molecule has 0 saturated heterocycles. The molecule has 0 aliphatic rings. The Kier molecular flexibility index (Phi) is 4.86. The van der Waals surface area contributed by atoms with Crippen LogP contribution in [0.4, 0.5) is 0 Å². The summed E-state index contributed by atoms with van der Waals surface area (Å²) in [6, 6.07) is 5.39. The van der Waals surface area contributed by atoms with Crippen LogP contribution in [0.1, 0.15) is 20.3 Å². The SMILES string of the molecule is CC(C)C[C@@H](NS(=O)(=O)c1ccc2oc(=O)ccc2c1)C(=O)O. The second kappa shape index (κ2) is 6.51. The zero-order valence-corrected chi connectivity index (χ0v) is 13.5. The lowest BCUT2D eigenvalue weighted by Gasteiger charge is -2.16. The van der Waals surface area contributed by atoms with Crippen molar-refractivity contribution in [3.8, 4) is 0 Å². The van der Waals surface area contributed by atoms with Crippen LogP contribution in [-0.2, 0) is 14.8 Å². The summed E-state index contributed by atoms with van der Waals surface area (Å²) in [6.07, 6.45) is 0.178. The van der Waals surface area contributed by atoms with Crippen molar-refractivity contribution in [2.45, 2.75) is 31.2 Å². The van der Waals surface area contributed by atoms with E-state index in [0.29, 0.717) is 5.39 Å². The number of hydrogen-bond donors (Lipinski definition) is 2. The van der Waals surface area contributed by atoms with E-state index >= 15 is 0 Å². The quantitative estimate of drug-likeness (QED) is 0.772. The third-order valence-electron chi connectivity index (χ3n) is 3.20. The van der Waals surface area contributed by atoms with Crippen molar-refractivity contribution < 1.29 is 22.7 Å². The Hall–Kier alpha value is -2.19. The van der Waals surface area contributed by atoms with Gasteiger partial charge >= 0.3 is 11.6 Å². The first-order chi connectivity index (χ1) is 10.7. The van der Waals surface area contributed by atoms with Crippen molar-refractivity contribution in [3.05, 3.63) is 40.8 Å². The number of carbonyl (C=O) groups is 1. The number of benzene rings is 1. The Bertz CT molecular complexity index is 884. The molecule has 0 bridgehead atoms. The van der Waals surface area contributed by atoms with Gasteiger partial charge in [-0.2, -0.15) is 4.72 Å². The zero-order valence-electron chi connectivity index (χ0n) is 12.6. The average Bonchev–Trinajstić information content (AvgIpc) is 2.45. The molecule has 7 nitrogen and oxygen atoms in total. The average molecular weight is 339 g/mol. The van der Waals surface area contributed by atoms with E-state index in [4.69, 9.17) is 9.52 Å². The lowest BCUT2D eigenvalue weighted by atomic mass is 10.1. The normalized spacial score (nSPS) is 13.3. The van der Waals surface area contributed by atoms with Crippen LogP contribution in [0.5, 0.6) is 0 Å². The van der Waals surface area contributed by atoms with Gasteiger partial charge in [0.25, 0.3) is 0 Å². The maximum atomic E-state index is 12.4. The first-order valence-electron chi connectivity index (χ1n) is 6.98. The summed E-state index contributed by atoms with van der Waals surface area (Å²) in [5.74, 6) is -1.21. The molecule has 8 heteroatoms. The van der Waals surface area contributed by atoms with Gasteiger partial charge in [0.2, 0.25) is 10.0 Å². The number of aliphatic carboxylic acids is 1. The molecule has 0 aliphatic heterocycles. The largest absolute Gasteiger partial charge is 0.480 e. The van der Waals surface area contributed by atoms with Gasteiger partial charge in [0.05, 0.1) is 4.90 Å². The van der Waals surface area contributed by atoms with Gasteiger partial charge in [0.1, 0.15) is 11.6 Å². The second-order valence-corrected chi connectivity index (χ2v) is 7.31. The summed E-state index contributed by atoms with van der Waals surface area (Å²) in [6.45, 7) is 3.62. The Morgan fingerprint density at radius 2 is 1.96 bits per heavy atom. The lowest BCUT2D eigenvalue weighted by molar-refractivity contribution is -0.139. The van der Waals surface area contributed by atoms with Crippen LogP contribution in [0.3, 0.4) is 0 Å². The predicted octanol–water partition coefficient (Wildman–Crippen LogP) is 1.57. The molecular weight excluding hydrogens is 322 g/mol. The van der Waals surface area contributed by atoms with E-state index in [-0.39, 0.29) is 22.8 Å². The Balaban J connectivity index is 2.36. The monoisotopic (exact) mass is 339 g/mol. The number of nitrogens with one attached hydrogen (secondary N) is 1. The molecule has 23 heavy (non-hydrogen) atoms. The van der Waals surface area contributed by atoms with Gasteiger partial charge in [0, 0.05) is 11.5 Å². The second-order valence-electron chi connectivity index (χ2n) is 5.60. The van der Waals surface area contributed by atoms with Gasteiger partial charge in [-0.1, -0.05) is 13.8 Å². The van der Waals surface area contributed by atoms with E-state index in [1.165, 1.54) is 30.3 Å². The maximum Gasteiger partial charge on any atom is 0.336 e. The first kappa shape index (κ1) is 17.2. The van der Waals surface area contributed by atoms with Gasteiger partial charge in [0.15, 0.2) is 0 Å². The summed E-state index contributed by atoms with van der Waals surface area (Å²) in [4.78, 5) is 22.3. The third-order valence-corrected chi connectivity index (χ3v) is 4.67. The summed E-state index contributed by atoms with van der Waals surface area (Å²) in [5, 5.41) is 9.59. The molecule has 2 rings (SSSR count). The maximum absolute atomic E-state index is 12.4. The van der Waals surface area contributed by atoms with Crippen LogP contribution in [-0.4, -0.2) is 25.5 Å². The van der Waals surface area contributed by atoms with Crippen LogP contribution in [0.2, 0.25) is 0 Å². The summed E-state index contributed by atoms with van der Waals surface area (Å²) in [5.41, 5.74) is -0.275. The fourth-order valence-electron chi connectivity index (χ4n) is 2.14. The molecule has 0 amide bonds. The highest BCUT2D eigenvalue weighted by molar-refractivity contribution is 7.89. The number of rotatable bonds is 6. The van der Waals surface area contributed by atoms with Crippen molar-refractivity contribution >= 4 is 27.0 Å². The van der Waals surface area contributed by atoms with Gasteiger partial charge in [-0.25, -0.2) is 13.2 Å². The molecule has 0 unspecified atom stereocenters. The smallest absolute Gasteiger partial charge is 0.336 e. The highest BCUT2D eigenvalue weighted by Crippen LogP contribution is 2.18. The van der Waals surface area contributed by atoms with Crippen LogP contribution in [0.15, 0.2) is 44.4 Å². The fourth-order valence-corrected chi connectivity index (χ4v) is 3.38. The zero-order chi connectivity index (χ0) is 17.2. The van der Waals surface area contributed by atoms with Crippen molar-refractivity contribution in [1.82, 2.24) is 4.72 Å². The van der Waals surface area contributed by atoms with Crippen LogP contribution < -0.4 is 10.3 Å². The minimum Gasteiger partial charge on any atom is -0.480 e. The molecule has 2 aromatic rings. The minimum absolute atomic E-state index is 0.0182. The van der Waals surface area contributed by atoms with E-state index in [1.54, 1.807) is 0 Å². The van der Waals surface area contributed by atoms with E-state index < -0.39 is 27.7 Å². The molecule has 1 aromatic heterocycles. The van der Waals surface area contributed by atoms with Crippen molar-refractivity contribution in [3.63, 3.8) is 0 Å². The predicted molar refractivity (Wildman–Crippen MR) is 83.7 cm³/mol. The molecule has 0 spiro atoms. The number of carboxylic acids is 1. The Morgan fingerprint density at radius 3 is 2.57 bits per heavy atom. The Labute approximate surface area is 133 Å². The van der Waals surface area contributed by atoms with Crippen molar-refractivity contribution in [2.24, 2.45) is 5.92 Å². The topological polar surface area (TPSA) is 114 Å². The lowest BCUT2D eigenvalue weighted by Crippen LogP contribution is -2.41. The van der Waals surface area contributed by atoms with Gasteiger partial charge in [-0.15, -0.1) is 0 Å². The third kappa shape index (κ3) is 4.17. The first-order valence-corrected chi connectivity index (χ1v) is 8.46. The highest BCUT2D eigenvalue weighted by Gasteiger charge is 2.26. The van der Waals surface area contributed by atoms with Crippen molar-refractivity contribution in [2.75, 3.05) is 0 Å². The molecule has 0 fully saturated rings. The van der Waals surface area contributed by atoms with Crippen LogP contribution >= 0.6 is 0 Å². The minimum atomic E-state index is -4.00. The molecule has 0 radical (unpaired) electrons. The van der Waals surface area contributed by atoms with Gasteiger partial charge < -0.3 is 9.52 Å². The molecule has 124 valence electrons. The van der Waals surface area contributed by atoms with Crippen LogP contribution in [0.25, 0.3) is 11.0 Å². The summed E-state index contributed by atoms with van der Waals surface area (Å²) < 4.78 is 31.9. The number of sulfonamides is 1. The molecule has 0 saturated carbocycles. The molecule has 1 aromatic carbocycles. The van der Waals surface area contributed by atoms with E-state index in [1.807, 2.05) is 13.8 Å². The van der Waals surface area contributed by atoms with E-state index in [2.05, 4.69) is 4.72 Å². The van der Waals surface area contributed by atoms with E-state index in [0.717, 1.165) is 0 Å². The molecule has 1 atom stereocenters. The van der Waals surface area contributed by atoms with Gasteiger partial charge in [-0.05, 0) is 36.6 Å². The molecule has 2 N–H and O–H groups in total. The molecule has 0 aliphatic carbocycles. The summed E-state index contributed by atoms with van der Waals surface area (Å²) >= 11 is 0. The molecule has 1 heterocycles. The Morgan fingerprint density at radius 1 is 1.26 bits per heavy atom. The molecular formula is C15H17NO6S. The number of carboxylic acid groups (broad SMARTS) is 1. The number of hydrogen-bond acceptors (Lipinski definition) is 5.